The molecule has 1 heterocycles. The van der Waals surface area contributed by atoms with E-state index >= 15 is 0 Å². The Morgan fingerprint density at radius 3 is 2.78 bits per heavy atom. The molecular formula is C5H5N2O2. The van der Waals surface area contributed by atoms with Crippen molar-refractivity contribution >= 4 is 5.82 Å². The zero-order valence-electron chi connectivity index (χ0n) is 4.87. The molecular weight excluding hydrogens is 120 g/mol. The molecule has 0 aliphatic rings. The van der Waals surface area contributed by atoms with E-state index in [2.05, 4.69) is 6.20 Å². The first kappa shape index (κ1) is 5.81. The molecule has 0 aliphatic carbocycles. The molecule has 0 aliphatic heterocycles. The Hall–Kier alpha value is -1.32. The van der Waals surface area contributed by atoms with Gasteiger partial charge in [0.1, 0.15) is 0 Å². The molecule has 1 radical (unpaired) electrons. The van der Waals surface area contributed by atoms with Crippen LogP contribution in [0.5, 0.6) is 0 Å². The fraction of sp³-hybridized carbons (Fsp3) is 0.200. The highest BCUT2D eigenvalue weighted by Crippen LogP contribution is 2.07. The van der Waals surface area contributed by atoms with Gasteiger partial charge in [-0.15, -0.1) is 0 Å². The Kier molecular flexibility index (Phi) is 1.22. The van der Waals surface area contributed by atoms with E-state index in [1.54, 1.807) is 7.05 Å². The molecule has 0 atom stereocenters. The number of rotatable bonds is 1. The molecule has 1 aromatic heterocycles. The van der Waals surface area contributed by atoms with Gasteiger partial charge in [0.25, 0.3) is 0 Å². The average Bonchev–Trinajstić information content (AvgIpc) is 2.13. The molecule has 4 nitrogen and oxygen atoms in total. The topological polar surface area (TPSA) is 48.1 Å². The second kappa shape index (κ2) is 1.89. The summed E-state index contributed by atoms with van der Waals surface area (Å²) in [5, 5.41) is 10.0. The van der Waals surface area contributed by atoms with Gasteiger partial charge in [-0.25, -0.2) is 4.57 Å². The highest BCUT2D eigenvalue weighted by molar-refractivity contribution is 5.19. The van der Waals surface area contributed by atoms with Crippen LogP contribution in [-0.4, -0.2) is 9.49 Å². The normalized spacial score (nSPS) is 9.44. The van der Waals surface area contributed by atoms with Crippen molar-refractivity contribution in [3.63, 3.8) is 0 Å². The molecule has 9 heavy (non-hydrogen) atoms. The highest BCUT2D eigenvalue weighted by Gasteiger charge is 2.05. The van der Waals surface area contributed by atoms with Crippen molar-refractivity contribution in [3.05, 3.63) is 28.4 Å². The molecule has 4 heteroatoms. The third-order valence-electron chi connectivity index (χ3n) is 1.03. The van der Waals surface area contributed by atoms with Crippen molar-refractivity contribution in [3.8, 4) is 0 Å². The first-order valence-electron chi connectivity index (χ1n) is 2.39. The molecule has 0 N–H and O–H groups in total. The standard InChI is InChI=1S/C5H5N2O2/c1-6-4-2-3-5(6)7(8)9/h2-3H,1H3. The van der Waals surface area contributed by atoms with Crippen molar-refractivity contribution in [2.24, 2.45) is 7.05 Å². The van der Waals surface area contributed by atoms with Gasteiger partial charge in [-0.1, -0.05) is 0 Å². The third kappa shape index (κ3) is 0.910. The molecule has 0 saturated heterocycles. The van der Waals surface area contributed by atoms with Crippen LogP contribution in [0, 0.1) is 16.3 Å². The Labute approximate surface area is 51.9 Å². The number of aromatic nitrogens is 1. The Morgan fingerprint density at radius 1 is 1.89 bits per heavy atom. The quantitative estimate of drug-likeness (QED) is 0.410. The van der Waals surface area contributed by atoms with Gasteiger partial charge in [-0.2, -0.15) is 0 Å². The summed E-state index contributed by atoms with van der Waals surface area (Å²) in [6, 6.07) is 2.91. The van der Waals surface area contributed by atoms with Crippen LogP contribution in [-0.2, 0) is 7.05 Å². The lowest BCUT2D eigenvalue weighted by Gasteiger charge is -1.90. The van der Waals surface area contributed by atoms with Gasteiger partial charge in [0.2, 0.25) is 0 Å². The number of nitro groups is 1. The van der Waals surface area contributed by atoms with Gasteiger partial charge in [-0.3, -0.25) is 0 Å². The minimum absolute atomic E-state index is 0.0648. The maximum atomic E-state index is 10.0. The van der Waals surface area contributed by atoms with E-state index in [0.29, 0.717) is 0 Å². The summed E-state index contributed by atoms with van der Waals surface area (Å²) in [5.74, 6) is 0.0648. The Bertz CT molecular complexity index is 229. The Morgan fingerprint density at radius 2 is 2.56 bits per heavy atom. The van der Waals surface area contributed by atoms with Crippen LogP contribution < -0.4 is 0 Å². The van der Waals surface area contributed by atoms with Gasteiger partial charge in [0.05, 0.1) is 7.05 Å². The fourth-order valence-electron chi connectivity index (χ4n) is 0.585. The zero-order chi connectivity index (χ0) is 6.85. The van der Waals surface area contributed by atoms with Crippen LogP contribution in [0.15, 0.2) is 12.1 Å². The molecule has 0 unspecified atom stereocenters. The maximum absolute atomic E-state index is 10.0. The highest BCUT2D eigenvalue weighted by atomic mass is 16.6. The van der Waals surface area contributed by atoms with E-state index in [0.717, 1.165) is 0 Å². The summed E-state index contributed by atoms with van der Waals surface area (Å²) in [7, 11) is 1.58. The molecule has 47 valence electrons. The fourth-order valence-corrected chi connectivity index (χ4v) is 0.585. The summed E-state index contributed by atoms with van der Waals surface area (Å²) in [4.78, 5) is 9.60. The second-order valence-electron chi connectivity index (χ2n) is 1.64. The van der Waals surface area contributed by atoms with Crippen molar-refractivity contribution in [1.29, 1.82) is 0 Å². The van der Waals surface area contributed by atoms with Gasteiger partial charge < -0.3 is 10.1 Å². The van der Waals surface area contributed by atoms with Crippen molar-refractivity contribution in [1.82, 2.24) is 4.57 Å². The van der Waals surface area contributed by atoms with E-state index < -0.39 is 4.92 Å². The van der Waals surface area contributed by atoms with E-state index in [-0.39, 0.29) is 5.82 Å². The second-order valence-corrected chi connectivity index (χ2v) is 1.64. The average molecular weight is 125 g/mol. The molecule has 1 aromatic rings. The number of aryl methyl sites for hydroxylation is 1. The van der Waals surface area contributed by atoms with E-state index in [1.807, 2.05) is 0 Å². The summed E-state index contributed by atoms with van der Waals surface area (Å²) >= 11 is 0. The summed E-state index contributed by atoms with van der Waals surface area (Å²) in [5.41, 5.74) is 0. The van der Waals surface area contributed by atoms with Crippen molar-refractivity contribution in [2.45, 2.75) is 0 Å². The summed E-state index contributed by atoms with van der Waals surface area (Å²) < 4.78 is 1.33. The van der Waals surface area contributed by atoms with Crippen LogP contribution >= 0.6 is 0 Å². The van der Waals surface area contributed by atoms with E-state index in [1.165, 1.54) is 16.7 Å². The predicted octanol–water partition coefficient (Wildman–Crippen LogP) is 0.733. The number of hydrogen-bond donors (Lipinski definition) is 0. The smallest absolute Gasteiger partial charge is 0.323 e. The van der Waals surface area contributed by atoms with Crippen molar-refractivity contribution in [2.75, 3.05) is 0 Å². The largest absolute Gasteiger partial charge is 0.358 e. The number of nitrogens with zero attached hydrogens (tertiary/aromatic N) is 2. The minimum Gasteiger partial charge on any atom is -0.358 e. The van der Waals surface area contributed by atoms with Crippen LogP contribution in [0.1, 0.15) is 0 Å². The molecule has 0 bridgehead atoms. The van der Waals surface area contributed by atoms with Crippen LogP contribution in [0.2, 0.25) is 0 Å². The van der Waals surface area contributed by atoms with Crippen molar-refractivity contribution < 1.29 is 4.92 Å². The number of hydrogen-bond acceptors (Lipinski definition) is 2. The Balaban J connectivity index is 3.08. The molecule has 0 fully saturated rings. The molecule has 0 saturated carbocycles. The molecule has 1 rings (SSSR count). The maximum Gasteiger partial charge on any atom is 0.323 e. The summed E-state index contributed by atoms with van der Waals surface area (Å²) in [6.07, 6.45) is 2.62. The first-order chi connectivity index (χ1) is 4.22. The van der Waals surface area contributed by atoms with E-state index in [9.17, 15) is 10.1 Å². The lowest BCUT2D eigenvalue weighted by molar-refractivity contribution is -0.391. The van der Waals surface area contributed by atoms with Crippen LogP contribution in [0.4, 0.5) is 5.82 Å². The third-order valence-corrected chi connectivity index (χ3v) is 1.03. The lowest BCUT2D eigenvalue weighted by atomic mass is 10.6. The van der Waals surface area contributed by atoms with Gasteiger partial charge in [0.15, 0.2) is 6.20 Å². The van der Waals surface area contributed by atoms with Crippen LogP contribution in [0.3, 0.4) is 0 Å². The summed E-state index contributed by atoms with van der Waals surface area (Å²) in [6.45, 7) is 0. The monoisotopic (exact) mass is 125 g/mol. The molecule has 0 spiro atoms. The zero-order valence-corrected chi connectivity index (χ0v) is 4.87. The minimum atomic E-state index is -0.448. The SMILES string of the molecule is Cn1[c]ccc1[N+](=O)[O-]. The first-order valence-corrected chi connectivity index (χ1v) is 2.39. The molecule has 0 amide bonds. The van der Waals surface area contributed by atoms with E-state index in [4.69, 9.17) is 0 Å². The van der Waals surface area contributed by atoms with Gasteiger partial charge in [0, 0.05) is 6.07 Å². The van der Waals surface area contributed by atoms with Gasteiger partial charge >= 0.3 is 5.82 Å². The van der Waals surface area contributed by atoms with Crippen LogP contribution in [0.25, 0.3) is 0 Å². The predicted molar refractivity (Wildman–Crippen MR) is 30.9 cm³/mol. The lowest BCUT2D eigenvalue weighted by Crippen LogP contribution is -1.94. The van der Waals surface area contributed by atoms with Gasteiger partial charge in [-0.05, 0) is 11.0 Å². The molecule has 0 aromatic carbocycles.